The molecule has 22 heavy (non-hydrogen) atoms. The van der Waals surface area contributed by atoms with Crippen molar-refractivity contribution in [3.05, 3.63) is 44.0 Å². The van der Waals surface area contributed by atoms with Gasteiger partial charge in [0.05, 0.1) is 16.0 Å². The number of esters is 1. The molecule has 1 aromatic carbocycles. The summed E-state index contributed by atoms with van der Waals surface area (Å²) in [5.41, 5.74) is -3.01. The Morgan fingerprint density at radius 3 is 2.23 bits per heavy atom. The van der Waals surface area contributed by atoms with Crippen LogP contribution in [0.4, 0.5) is 15.8 Å². The highest BCUT2D eigenvalue weighted by Crippen LogP contribution is 2.31. The zero-order valence-corrected chi connectivity index (χ0v) is 11.5. The summed E-state index contributed by atoms with van der Waals surface area (Å²) in [4.78, 5) is 42.6. The minimum atomic E-state index is -2.80. The van der Waals surface area contributed by atoms with Crippen LogP contribution in [0, 0.1) is 20.2 Å². The normalized spacial score (nSPS) is 11.8. The number of rotatable bonds is 6. The van der Waals surface area contributed by atoms with Crippen LogP contribution in [0.3, 0.4) is 0 Å². The molecule has 0 radical (unpaired) electrons. The van der Waals surface area contributed by atoms with Gasteiger partial charge in [0, 0.05) is 6.07 Å². The van der Waals surface area contributed by atoms with Gasteiger partial charge in [0.2, 0.25) is 5.78 Å². The quantitative estimate of drug-likeness (QED) is 0.258. The minimum absolute atomic E-state index is 0.696. The number of hydrogen-bond donors (Lipinski definition) is 0. The largest absolute Gasteiger partial charge is 0.460 e. The predicted octanol–water partition coefficient (Wildman–Crippen LogP) is 1.98. The number of hydrogen-bond acceptors (Lipinski definition) is 7. The highest BCUT2D eigenvalue weighted by molar-refractivity contribution is 6.13. The van der Waals surface area contributed by atoms with Gasteiger partial charge in [0.25, 0.3) is 6.17 Å². The van der Waals surface area contributed by atoms with Crippen LogP contribution < -0.4 is 0 Å². The number of para-hydroxylation sites is 1. The van der Waals surface area contributed by atoms with Gasteiger partial charge in [-0.05, 0) is 19.9 Å². The van der Waals surface area contributed by atoms with Crippen molar-refractivity contribution in [1.29, 1.82) is 0 Å². The Balaban J connectivity index is 3.29. The predicted molar refractivity (Wildman–Crippen MR) is 70.2 cm³/mol. The fraction of sp³-hybridized carbons (Fsp3) is 0.333. The minimum Gasteiger partial charge on any atom is -0.460 e. The van der Waals surface area contributed by atoms with Gasteiger partial charge < -0.3 is 4.74 Å². The summed E-state index contributed by atoms with van der Waals surface area (Å²) >= 11 is 0. The number of nitro groups is 2. The van der Waals surface area contributed by atoms with E-state index in [9.17, 15) is 34.2 Å². The van der Waals surface area contributed by atoms with E-state index in [0.29, 0.717) is 0 Å². The number of carbonyl (C=O) groups excluding carboxylic acids is 2. The zero-order chi connectivity index (χ0) is 17.0. The van der Waals surface area contributed by atoms with E-state index in [0.717, 1.165) is 18.2 Å². The first kappa shape index (κ1) is 17.1. The van der Waals surface area contributed by atoms with Crippen LogP contribution in [0.2, 0.25) is 0 Å². The van der Waals surface area contributed by atoms with Gasteiger partial charge in [-0.15, -0.1) is 0 Å². The van der Waals surface area contributed by atoms with Crippen molar-refractivity contribution in [3.8, 4) is 0 Å². The first-order chi connectivity index (χ1) is 10.2. The number of ether oxygens (including phenoxy) is 1. The van der Waals surface area contributed by atoms with E-state index in [1.807, 2.05) is 0 Å². The smallest absolute Gasteiger partial charge is 0.356 e. The second-order valence-electron chi connectivity index (χ2n) is 4.40. The number of alkyl halides is 1. The molecule has 0 heterocycles. The van der Waals surface area contributed by atoms with Gasteiger partial charge in [-0.25, -0.2) is 9.18 Å². The molecule has 0 saturated carbocycles. The van der Waals surface area contributed by atoms with Crippen LogP contribution >= 0.6 is 0 Å². The maximum atomic E-state index is 13.8. The molecule has 0 aromatic heterocycles. The van der Waals surface area contributed by atoms with Crippen LogP contribution in [-0.2, 0) is 9.53 Å². The number of carbonyl (C=O) groups is 2. The molecule has 10 heteroatoms. The molecular formula is C12H11FN2O7. The second kappa shape index (κ2) is 6.70. The highest BCUT2D eigenvalue weighted by atomic mass is 19.1. The van der Waals surface area contributed by atoms with Gasteiger partial charge in [-0.3, -0.25) is 25.0 Å². The molecule has 0 aliphatic heterocycles. The van der Waals surface area contributed by atoms with Crippen LogP contribution in [0.1, 0.15) is 24.2 Å². The first-order valence-corrected chi connectivity index (χ1v) is 5.97. The fourth-order valence-electron chi connectivity index (χ4n) is 1.60. The van der Waals surface area contributed by atoms with Crippen LogP contribution in [-0.4, -0.2) is 33.9 Å². The fourth-order valence-corrected chi connectivity index (χ4v) is 1.60. The Hall–Kier alpha value is -2.91. The van der Waals surface area contributed by atoms with Gasteiger partial charge in [-0.2, -0.15) is 0 Å². The van der Waals surface area contributed by atoms with Crippen molar-refractivity contribution < 1.29 is 28.6 Å². The molecule has 0 fully saturated rings. The number of halogens is 1. The summed E-state index contributed by atoms with van der Waals surface area (Å²) in [6.07, 6.45) is -3.50. The lowest BCUT2D eigenvalue weighted by Crippen LogP contribution is -2.30. The third-order valence-corrected chi connectivity index (χ3v) is 2.45. The molecule has 1 atom stereocenters. The van der Waals surface area contributed by atoms with Gasteiger partial charge in [0.15, 0.2) is 0 Å². The summed E-state index contributed by atoms with van der Waals surface area (Å²) in [5, 5.41) is 21.7. The molecule has 118 valence electrons. The van der Waals surface area contributed by atoms with E-state index in [4.69, 9.17) is 0 Å². The van der Waals surface area contributed by atoms with Gasteiger partial charge in [-0.1, -0.05) is 6.07 Å². The van der Waals surface area contributed by atoms with Gasteiger partial charge >= 0.3 is 17.3 Å². The van der Waals surface area contributed by atoms with Crippen molar-refractivity contribution in [2.24, 2.45) is 0 Å². The molecule has 0 spiro atoms. The summed E-state index contributed by atoms with van der Waals surface area (Å²) in [5.74, 6) is -3.08. The Kier molecular flexibility index (Phi) is 5.22. The third-order valence-electron chi connectivity index (χ3n) is 2.45. The molecule has 0 aliphatic rings. The summed E-state index contributed by atoms with van der Waals surface area (Å²) in [6, 6.07) is 2.62. The SMILES string of the molecule is CC(C)OC(=O)C(F)C(=O)c1cccc([N+](=O)[O-])c1[N+](=O)[O-]. The topological polar surface area (TPSA) is 130 Å². The monoisotopic (exact) mass is 314 g/mol. The van der Waals surface area contributed by atoms with Crippen molar-refractivity contribution in [2.45, 2.75) is 26.1 Å². The average Bonchev–Trinajstić information content (AvgIpc) is 2.43. The third kappa shape index (κ3) is 3.59. The maximum absolute atomic E-state index is 13.8. The van der Waals surface area contributed by atoms with Crippen LogP contribution in [0.25, 0.3) is 0 Å². The lowest BCUT2D eigenvalue weighted by molar-refractivity contribution is -0.422. The summed E-state index contributed by atoms with van der Waals surface area (Å²) in [7, 11) is 0. The van der Waals surface area contributed by atoms with E-state index >= 15 is 0 Å². The summed E-state index contributed by atoms with van der Waals surface area (Å²) < 4.78 is 18.3. The first-order valence-electron chi connectivity index (χ1n) is 5.97. The highest BCUT2D eigenvalue weighted by Gasteiger charge is 2.38. The average molecular weight is 314 g/mol. The molecule has 0 amide bonds. The lowest BCUT2D eigenvalue weighted by atomic mass is 10.0. The van der Waals surface area contributed by atoms with E-state index in [2.05, 4.69) is 4.74 Å². The van der Waals surface area contributed by atoms with Crippen molar-refractivity contribution in [2.75, 3.05) is 0 Å². The van der Waals surface area contributed by atoms with Crippen molar-refractivity contribution in [3.63, 3.8) is 0 Å². The van der Waals surface area contributed by atoms with E-state index < -0.39 is 50.8 Å². The Bertz CT molecular complexity index is 644. The van der Waals surface area contributed by atoms with E-state index in [1.54, 1.807) is 0 Å². The Morgan fingerprint density at radius 1 is 1.18 bits per heavy atom. The number of nitrogens with zero attached hydrogens (tertiary/aromatic N) is 2. The standard InChI is InChI=1S/C12H11FN2O7/c1-6(2)22-12(17)9(13)11(16)7-4-3-5-8(14(18)19)10(7)15(20)21/h3-6,9H,1-2H3. The molecule has 0 N–H and O–H groups in total. The van der Waals surface area contributed by atoms with E-state index in [1.165, 1.54) is 13.8 Å². The van der Waals surface area contributed by atoms with Crippen LogP contribution in [0.15, 0.2) is 18.2 Å². The molecule has 0 bridgehead atoms. The second-order valence-corrected chi connectivity index (χ2v) is 4.40. The molecule has 1 aromatic rings. The molecular weight excluding hydrogens is 303 g/mol. The lowest BCUT2D eigenvalue weighted by Gasteiger charge is -2.10. The zero-order valence-electron chi connectivity index (χ0n) is 11.5. The molecule has 0 aliphatic carbocycles. The number of nitro benzene ring substituents is 2. The van der Waals surface area contributed by atoms with Crippen molar-refractivity contribution in [1.82, 2.24) is 0 Å². The number of Topliss-reactive ketones (excluding diaryl/α,β-unsaturated/α-hetero) is 1. The molecule has 1 rings (SSSR count). The Labute approximate surface area is 123 Å². The maximum Gasteiger partial charge on any atom is 0.356 e. The van der Waals surface area contributed by atoms with Crippen LogP contribution in [0.5, 0.6) is 0 Å². The molecule has 9 nitrogen and oxygen atoms in total. The van der Waals surface area contributed by atoms with E-state index in [-0.39, 0.29) is 0 Å². The Morgan fingerprint density at radius 2 is 1.77 bits per heavy atom. The number of benzene rings is 1. The molecule has 0 saturated heterocycles. The van der Waals surface area contributed by atoms with Gasteiger partial charge in [0.1, 0.15) is 5.56 Å². The van der Waals surface area contributed by atoms with Crippen molar-refractivity contribution >= 4 is 23.1 Å². The number of ketones is 1. The molecule has 1 unspecified atom stereocenters. The summed E-state index contributed by atoms with van der Waals surface area (Å²) in [6.45, 7) is 2.84.